The number of nitrogens with zero attached hydrogens (tertiary/aromatic N) is 2. The van der Waals surface area contributed by atoms with Crippen LogP contribution in [0.5, 0.6) is 0 Å². The van der Waals surface area contributed by atoms with Crippen LogP contribution in [-0.4, -0.2) is 40.4 Å². The van der Waals surface area contributed by atoms with Gasteiger partial charge in [-0.3, -0.25) is 14.4 Å². The maximum absolute atomic E-state index is 12.9. The lowest BCUT2D eigenvalue weighted by Gasteiger charge is -2.22. The van der Waals surface area contributed by atoms with Crippen LogP contribution < -0.4 is 10.9 Å². The van der Waals surface area contributed by atoms with Gasteiger partial charge in [0.05, 0.1) is 6.04 Å². The number of carbonyl (C=O) groups is 2. The Morgan fingerprint density at radius 2 is 1.88 bits per heavy atom. The Morgan fingerprint density at radius 3 is 2.58 bits per heavy atom. The van der Waals surface area contributed by atoms with E-state index in [1.165, 1.54) is 12.8 Å². The molecule has 0 bridgehead atoms. The summed E-state index contributed by atoms with van der Waals surface area (Å²) in [5.41, 5.74) is 2.22. The summed E-state index contributed by atoms with van der Waals surface area (Å²) >= 11 is 0. The molecule has 2 fully saturated rings. The zero-order chi connectivity index (χ0) is 18.4. The van der Waals surface area contributed by atoms with Gasteiger partial charge in [-0.15, -0.1) is 0 Å². The van der Waals surface area contributed by atoms with Gasteiger partial charge in [-0.1, -0.05) is 0 Å². The summed E-state index contributed by atoms with van der Waals surface area (Å²) in [4.78, 5) is 39.2. The molecule has 0 unspecified atom stereocenters. The average Bonchev–Trinajstić information content (AvgIpc) is 3.38. The van der Waals surface area contributed by atoms with Gasteiger partial charge in [-0.2, -0.15) is 0 Å². The van der Waals surface area contributed by atoms with Crippen molar-refractivity contribution in [1.29, 1.82) is 0 Å². The maximum atomic E-state index is 12.9. The summed E-state index contributed by atoms with van der Waals surface area (Å²) < 4.78 is 1.65. The molecule has 2 aliphatic carbocycles. The predicted molar refractivity (Wildman–Crippen MR) is 98.0 cm³/mol. The van der Waals surface area contributed by atoms with Crippen molar-refractivity contribution in [2.75, 3.05) is 13.1 Å². The molecule has 4 rings (SSSR count). The van der Waals surface area contributed by atoms with Crippen LogP contribution in [0.3, 0.4) is 0 Å². The second kappa shape index (κ2) is 6.56. The van der Waals surface area contributed by atoms with Crippen LogP contribution in [0.2, 0.25) is 0 Å². The fourth-order valence-corrected chi connectivity index (χ4v) is 4.64. The van der Waals surface area contributed by atoms with E-state index >= 15 is 0 Å². The SMILES string of the molecule is CC(=O)N1C[C@@H](NC(=O)c2cc3c(n(C)c2=O)CCCC3)[C@H](C2CC2)C1. The number of amides is 2. The largest absolute Gasteiger partial charge is 0.347 e. The first-order valence-corrected chi connectivity index (χ1v) is 9.74. The highest BCUT2D eigenvalue weighted by Gasteiger charge is 2.44. The number of hydrogen-bond acceptors (Lipinski definition) is 3. The number of carbonyl (C=O) groups excluding carboxylic acids is 2. The Bertz CT molecular complexity index is 809. The molecular weight excluding hydrogens is 330 g/mol. The third kappa shape index (κ3) is 3.06. The second-order valence-corrected chi connectivity index (χ2v) is 8.11. The molecule has 3 aliphatic rings. The minimum atomic E-state index is -0.292. The van der Waals surface area contributed by atoms with Gasteiger partial charge in [-0.05, 0) is 56.1 Å². The number of hydrogen-bond donors (Lipinski definition) is 1. The predicted octanol–water partition coefficient (Wildman–Crippen LogP) is 1.25. The number of aromatic nitrogens is 1. The molecule has 1 aliphatic heterocycles. The van der Waals surface area contributed by atoms with Crippen LogP contribution in [0.15, 0.2) is 10.9 Å². The molecule has 1 saturated heterocycles. The van der Waals surface area contributed by atoms with Crippen molar-refractivity contribution in [1.82, 2.24) is 14.8 Å². The maximum Gasteiger partial charge on any atom is 0.263 e. The summed E-state index contributed by atoms with van der Waals surface area (Å²) in [6, 6.07) is 1.75. The fraction of sp³-hybridized carbons (Fsp3) is 0.650. The minimum Gasteiger partial charge on any atom is -0.347 e. The molecular formula is C20H27N3O3. The van der Waals surface area contributed by atoms with Crippen LogP contribution in [0.4, 0.5) is 0 Å². The monoisotopic (exact) mass is 357 g/mol. The molecule has 6 heteroatoms. The highest BCUT2D eigenvalue weighted by molar-refractivity contribution is 5.94. The van der Waals surface area contributed by atoms with E-state index < -0.39 is 0 Å². The lowest BCUT2D eigenvalue weighted by atomic mass is 9.94. The molecule has 6 nitrogen and oxygen atoms in total. The van der Waals surface area contributed by atoms with E-state index in [1.54, 1.807) is 24.6 Å². The molecule has 0 radical (unpaired) electrons. The van der Waals surface area contributed by atoms with Crippen LogP contribution >= 0.6 is 0 Å². The van der Waals surface area contributed by atoms with E-state index in [-0.39, 0.29) is 29.0 Å². The fourth-order valence-electron chi connectivity index (χ4n) is 4.64. The van der Waals surface area contributed by atoms with Gasteiger partial charge in [-0.25, -0.2) is 0 Å². The number of aryl methyl sites for hydroxylation is 1. The molecule has 2 amide bonds. The zero-order valence-electron chi connectivity index (χ0n) is 15.6. The molecule has 0 spiro atoms. The molecule has 140 valence electrons. The standard InChI is InChI=1S/C20H27N3O3/c1-12(24)23-10-16(13-7-8-13)17(11-23)21-19(25)15-9-14-5-3-4-6-18(14)22(2)20(15)26/h9,13,16-17H,3-8,10-11H2,1-2H3,(H,21,25)/t16-,17+/m0/s1. The van der Waals surface area contributed by atoms with Crippen LogP contribution in [0.25, 0.3) is 0 Å². The van der Waals surface area contributed by atoms with E-state index in [2.05, 4.69) is 5.32 Å². The van der Waals surface area contributed by atoms with Gasteiger partial charge in [0.2, 0.25) is 5.91 Å². The van der Waals surface area contributed by atoms with E-state index in [9.17, 15) is 14.4 Å². The molecule has 1 aromatic heterocycles. The Morgan fingerprint density at radius 1 is 1.15 bits per heavy atom. The normalized spacial score (nSPS) is 25.1. The van der Waals surface area contributed by atoms with E-state index in [1.807, 2.05) is 4.90 Å². The number of rotatable bonds is 3. The second-order valence-electron chi connectivity index (χ2n) is 8.11. The Balaban J connectivity index is 1.57. The minimum absolute atomic E-state index is 0.0529. The molecule has 26 heavy (non-hydrogen) atoms. The van der Waals surface area contributed by atoms with Crippen molar-refractivity contribution in [2.45, 2.75) is 51.5 Å². The van der Waals surface area contributed by atoms with Gasteiger partial charge in [0.15, 0.2) is 0 Å². The van der Waals surface area contributed by atoms with Gasteiger partial charge in [0, 0.05) is 38.7 Å². The van der Waals surface area contributed by atoms with Gasteiger partial charge < -0.3 is 14.8 Å². The summed E-state index contributed by atoms with van der Waals surface area (Å²) in [5, 5.41) is 3.08. The number of pyridine rings is 1. The molecule has 0 aromatic carbocycles. The van der Waals surface area contributed by atoms with E-state index in [4.69, 9.17) is 0 Å². The van der Waals surface area contributed by atoms with Crippen molar-refractivity contribution >= 4 is 11.8 Å². The average molecular weight is 357 g/mol. The summed E-state index contributed by atoms with van der Waals surface area (Å²) in [7, 11) is 1.77. The van der Waals surface area contributed by atoms with Crippen LogP contribution in [0.1, 0.15) is 54.2 Å². The quantitative estimate of drug-likeness (QED) is 0.885. The number of nitrogens with one attached hydrogen (secondary N) is 1. The summed E-state index contributed by atoms with van der Waals surface area (Å²) in [6.45, 7) is 2.84. The zero-order valence-corrected chi connectivity index (χ0v) is 15.6. The Kier molecular flexibility index (Phi) is 4.37. The van der Waals surface area contributed by atoms with E-state index in [0.717, 1.165) is 36.9 Å². The molecule has 2 atom stereocenters. The number of likely N-dealkylation sites (tertiary alicyclic amines) is 1. The molecule has 1 aromatic rings. The van der Waals surface area contributed by atoms with Crippen molar-refractivity contribution in [2.24, 2.45) is 18.9 Å². The smallest absolute Gasteiger partial charge is 0.263 e. The third-order valence-corrected chi connectivity index (χ3v) is 6.34. The molecule has 2 heterocycles. The third-order valence-electron chi connectivity index (χ3n) is 6.34. The lowest BCUT2D eigenvalue weighted by Crippen LogP contribution is -2.44. The van der Waals surface area contributed by atoms with Crippen molar-refractivity contribution in [3.8, 4) is 0 Å². The molecule has 1 N–H and O–H groups in total. The first-order chi connectivity index (χ1) is 12.5. The van der Waals surface area contributed by atoms with Crippen LogP contribution in [0, 0.1) is 11.8 Å². The molecule has 1 saturated carbocycles. The topological polar surface area (TPSA) is 71.4 Å². The lowest BCUT2D eigenvalue weighted by molar-refractivity contribution is -0.128. The highest BCUT2D eigenvalue weighted by Crippen LogP contribution is 2.41. The summed E-state index contributed by atoms with van der Waals surface area (Å²) in [5.74, 6) is 0.664. The van der Waals surface area contributed by atoms with Crippen molar-refractivity contribution in [3.05, 3.63) is 33.2 Å². The van der Waals surface area contributed by atoms with Gasteiger partial charge in [0.1, 0.15) is 5.56 Å². The van der Waals surface area contributed by atoms with Crippen LogP contribution in [-0.2, 0) is 24.7 Å². The van der Waals surface area contributed by atoms with Crippen molar-refractivity contribution in [3.63, 3.8) is 0 Å². The Hall–Kier alpha value is -2.11. The first kappa shape index (κ1) is 17.3. The van der Waals surface area contributed by atoms with Gasteiger partial charge >= 0.3 is 0 Å². The van der Waals surface area contributed by atoms with E-state index in [0.29, 0.717) is 24.9 Å². The number of fused-ring (bicyclic) bond motifs is 1. The first-order valence-electron chi connectivity index (χ1n) is 9.74. The highest BCUT2D eigenvalue weighted by atomic mass is 16.2. The Labute approximate surface area is 153 Å². The van der Waals surface area contributed by atoms with Crippen molar-refractivity contribution < 1.29 is 9.59 Å². The summed E-state index contributed by atoms with van der Waals surface area (Å²) in [6.07, 6.45) is 6.37. The van der Waals surface area contributed by atoms with Gasteiger partial charge in [0.25, 0.3) is 11.5 Å².